The zero-order chi connectivity index (χ0) is 13.3. The standard InChI is InChI=1S/C16H18FN/c1-10-8-15(17)9-11(2)16(10)14-6-4-13(5-7-14)12(3)18/h4-9,12H,18H2,1-3H3. The highest BCUT2D eigenvalue weighted by Gasteiger charge is 2.08. The second kappa shape index (κ2) is 4.91. The summed E-state index contributed by atoms with van der Waals surface area (Å²) in [5.74, 6) is -0.180. The molecular formula is C16H18FN. The largest absolute Gasteiger partial charge is 0.324 e. The SMILES string of the molecule is Cc1cc(F)cc(C)c1-c1ccc(C(C)N)cc1. The van der Waals surface area contributed by atoms with E-state index in [9.17, 15) is 4.39 Å². The predicted octanol–water partition coefficient (Wildman–Crippen LogP) is 4.13. The van der Waals surface area contributed by atoms with E-state index in [2.05, 4.69) is 0 Å². The Morgan fingerprint density at radius 2 is 1.50 bits per heavy atom. The van der Waals surface area contributed by atoms with Gasteiger partial charge in [-0.2, -0.15) is 0 Å². The number of rotatable bonds is 2. The number of nitrogens with two attached hydrogens (primary N) is 1. The van der Waals surface area contributed by atoms with Gasteiger partial charge in [-0.15, -0.1) is 0 Å². The molecule has 2 heteroatoms. The maximum Gasteiger partial charge on any atom is 0.123 e. The summed E-state index contributed by atoms with van der Waals surface area (Å²) in [6, 6.07) is 11.3. The molecule has 0 spiro atoms. The zero-order valence-electron chi connectivity index (χ0n) is 11.0. The average Bonchev–Trinajstić information content (AvgIpc) is 2.28. The Morgan fingerprint density at radius 3 is 1.94 bits per heavy atom. The Kier molecular flexibility index (Phi) is 3.48. The van der Waals surface area contributed by atoms with E-state index in [-0.39, 0.29) is 11.9 Å². The van der Waals surface area contributed by atoms with Crippen molar-refractivity contribution in [3.8, 4) is 11.1 Å². The van der Waals surface area contributed by atoms with Crippen LogP contribution in [0.25, 0.3) is 11.1 Å². The monoisotopic (exact) mass is 243 g/mol. The molecule has 1 unspecified atom stereocenters. The molecule has 0 fully saturated rings. The Hall–Kier alpha value is -1.67. The van der Waals surface area contributed by atoms with Crippen LogP contribution in [0, 0.1) is 19.7 Å². The van der Waals surface area contributed by atoms with Gasteiger partial charge >= 0.3 is 0 Å². The number of halogens is 1. The molecule has 18 heavy (non-hydrogen) atoms. The summed E-state index contributed by atoms with van der Waals surface area (Å²) in [5.41, 5.74) is 11.1. The summed E-state index contributed by atoms with van der Waals surface area (Å²) in [6.07, 6.45) is 0. The van der Waals surface area contributed by atoms with Crippen molar-refractivity contribution in [1.82, 2.24) is 0 Å². The van der Waals surface area contributed by atoms with Crippen molar-refractivity contribution >= 4 is 0 Å². The quantitative estimate of drug-likeness (QED) is 0.843. The minimum absolute atomic E-state index is 0.0365. The first-order chi connectivity index (χ1) is 8.49. The Bertz CT molecular complexity index is 533. The second-order valence-electron chi connectivity index (χ2n) is 4.83. The van der Waals surface area contributed by atoms with Gasteiger partial charge in [0.25, 0.3) is 0 Å². The first-order valence-electron chi connectivity index (χ1n) is 6.11. The fourth-order valence-electron chi connectivity index (χ4n) is 2.32. The van der Waals surface area contributed by atoms with Crippen LogP contribution in [0.4, 0.5) is 4.39 Å². The van der Waals surface area contributed by atoms with Gasteiger partial charge in [0.05, 0.1) is 0 Å². The highest BCUT2D eigenvalue weighted by Crippen LogP contribution is 2.28. The van der Waals surface area contributed by atoms with Crippen LogP contribution in [0.15, 0.2) is 36.4 Å². The minimum Gasteiger partial charge on any atom is -0.324 e. The summed E-state index contributed by atoms with van der Waals surface area (Å²) in [7, 11) is 0. The molecule has 2 N–H and O–H groups in total. The molecule has 0 saturated carbocycles. The molecule has 2 aromatic carbocycles. The molecule has 0 aliphatic rings. The Morgan fingerprint density at radius 1 is 1.00 bits per heavy atom. The van der Waals surface area contributed by atoms with E-state index in [1.807, 2.05) is 45.0 Å². The van der Waals surface area contributed by atoms with Gasteiger partial charge in [0.15, 0.2) is 0 Å². The molecule has 0 bridgehead atoms. The van der Waals surface area contributed by atoms with E-state index in [1.165, 1.54) is 0 Å². The highest BCUT2D eigenvalue weighted by atomic mass is 19.1. The molecule has 1 atom stereocenters. The molecule has 0 saturated heterocycles. The van der Waals surface area contributed by atoms with Crippen molar-refractivity contribution in [2.75, 3.05) is 0 Å². The zero-order valence-corrected chi connectivity index (χ0v) is 11.0. The van der Waals surface area contributed by atoms with E-state index in [4.69, 9.17) is 5.73 Å². The van der Waals surface area contributed by atoms with E-state index < -0.39 is 0 Å². The highest BCUT2D eigenvalue weighted by molar-refractivity contribution is 5.71. The first kappa shape index (κ1) is 12.8. The Balaban J connectivity index is 2.49. The molecule has 1 nitrogen and oxygen atoms in total. The van der Waals surface area contributed by atoms with Crippen LogP contribution >= 0.6 is 0 Å². The van der Waals surface area contributed by atoms with Gasteiger partial charge < -0.3 is 5.73 Å². The van der Waals surface area contributed by atoms with Gasteiger partial charge in [-0.05, 0) is 60.7 Å². The van der Waals surface area contributed by atoms with Crippen molar-refractivity contribution in [1.29, 1.82) is 0 Å². The fraction of sp³-hybridized carbons (Fsp3) is 0.250. The van der Waals surface area contributed by atoms with Gasteiger partial charge in [0, 0.05) is 6.04 Å². The lowest BCUT2D eigenvalue weighted by atomic mass is 9.94. The topological polar surface area (TPSA) is 26.0 Å². The third kappa shape index (κ3) is 2.44. The molecule has 0 aromatic heterocycles. The van der Waals surface area contributed by atoms with Gasteiger partial charge in [-0.3, -0.25) is 0 Å². The lowest BCUT2D eigenvalue weighted by Gasteiger charge is -2.12. The van der Waals surface area contributed by atoms with Gasteiger partial charge in [-0.25, -0.2) is 4.39 Å². The molecule has 0 amide bonds. The summed E-state index contributed by atoms with van der Waals surface area (Å²) in [5, 5.41) is 0. The second-order valence-corrected chi connectivity index (χ2v) is 4.83. The Labute approximate surface area is 107 Å². The van der Waals surface area contributed by atoms with Crippen LogP contribution in [0.2, 0.25) is 0 Å². The van der Waals surface area contributed by atoms with Crippen LogP contribution in [0.1, 0.15) is 29.7 Å². The van der Waals surface area contributed by atoms with Crippen LogP contribution in [-0.2, 0) is 0 Å². The molecule has 0 aliphatic carbocycles. The first-order valence-corrected chi connectivity index (χ1v) is 6.11. The van der Waals surface area contributed by atoms with Crippen molar-refractivity contribution in [3.63, 3.8) is 0 Å². The molecule has 94 valence electrons. The predicted molar refractivity (Wildman–Crippen MR) is 73.9 cm³/mol. The summed E-state index contributed by atoms with van der Waals surface area (Å²) in [6.45, 7) is 5.83. The van der Waals surface area contributed by atoms with Gasteiger partial charge in [0.2, 0.25) is 0 Å². The number of benzene rings is 2. The lowest BCUT2D eigenvalue weighted by molar-refractivity contribution is 0.625. The number of hydrogen-bond acceptors (Lipinski definition) is 1. The molecule has 2 rings (SSSR count). The van der Waals surface area contributed by atoms with Crippen LogP contribution in [0.3, 0.4) is 0 Å². The van der Waals surface area contributed by atoms with Crippen LogP contribution in [-0.4, -0.2) is 0 Å². The van der Waals surface area contributed by atoms with Crippen molar-refractivity contribution in [2.24, 2.45) is 5.73 Å². The van der Waals surface area contributed by atoms with Crippen molar-refractivity contribution in [2.45, 2.75) is 26.8 Å². The minimum atomic E-state index is -0.180. The fourth-order valence-corrected chi connectivity index (χ4v) is 2.32. The van der Waals surface area contributed by atoms with Crippen molar-refractivity contribution in [3.05, 3.63) is 58.9 Å². The number of aryl methyl sites for hydroxylation is 2. The molecule has 0 heterocycles. The maximum atomic E-state index is 13.3. The van der Waals surface area contributed by atoms with Crippen LogP contribution in [0.5, 0.6) is 0 Å². The van der Waals surface area contributed by atoms with Crippen molar-refractivity contribution < 1.29 is 4.39 Å². The smallest absolute Gasteiger partial charge is 0.123 e. The third-order valence-corrected chi connectivity index (χ3v) is 3.22. The third-order valence-electron chi connectivity index (χ3n) is 3.22. The molecule has 0 radical (unpaired) electrons. The van der Waals surface area contributed by atoms with E-state index in [0.29, 0.717) is 0 Å². The normalized spacial score (nSPS) is 12.5. The van der Waals surface area contributed by atoms with E-state index >= 15 is 0 Å². The van der Waals surface area contributed by atoms with Crippen LogP contribution < -0.4 is 5.73 Å². The van der Waals surface area contributed by atoms with Gasteiger partial charge in [-0.1, -0.05) is 24.3 Å². The molecular weight excluding hydrogens is 225 g/mol. The van der Waals surface area contributed by atoms with Gasteiger partial charge in [0.1, 0.15) is 5.82 Å². The van der Waals surface area contributed by atoms with E-state index in [0.717, 1.165) is 27.8 Å². The summed E-state index contributed by atoms with van der Waals surface area (Å²) < 4.78 is 13.3. The van der Waals surface area contributed by atoms with E-state index in [1.54, 1.807) is 12.1 Å². The summed E-state index contributed by atoms with van der Waals surface area (Å²) in [4.78, 5) is 0. The molecule has 2 aromatic rings. The number of hydrogen-bond donors (Lipinski definition) is 1. The maximum absolute atomic E-state index is 13.3. The lowest BCUT2D eigenvalue weighted by Crippen LogP contribution is -2.04. The average molecular weight is 243 g/mol. The summed E-state index contributed by atoms with van der Waals surface area (Å²) >= 11 is 0. The molecule has 0 aliphatic heterocycles.